The highest BCUT2D eigenvalue weighted by molar-refractivity contribution is 9.10. The first-order chi connectivity index (χ1) is 10.0. The molecule has 1 amide bonds. The summed E-state index contributed by atoms with van der Waals surface area (Å²) in [6.45, 7) is 0. The van der Waals surface area contributed by atoms with Crippen LogP contribution >= 0.6 is 15.9 Å². The molecule has 0 fully saturated rings. The predicted molar refractivity (Wildman–Crippen MR) is 82.1 cm³/mol. The average molecular weight is 346 g/mol. The number of halogens is 1. The second-order valence-electron chi connectivity index (χ2n) is 4.97. The topological polar surface area (TPSA) is 66.4 Å². The quantitative estimate of drug-likeness (QED) is 0.840. The Morgan fingerprint density at radius 1 is 1.19 bits per heavy atom. The maximum Gasteiger partial charge on any atom is 0.261 e. The Bertz CT molecular complexity index is 730. The van der Waals surface area contributed by atoms with Crippen molar-refractivity contribution in [3.05, 3.63) is 64.1 Å². The zero-order chi connectivity index (χ0) is 15.0. The van der Waals surface area contributed by atoms with Crippen LogP contribution in [0.25, 0.3) is 0 Å². The van der Waals surface area contributed by atoms with E-state index in [1.807, 2.05) is 0 Å². The van der Waals surface area contributed by atoms with Gasteiger partial charge >= 0.3 is 0 Å². The molecular weight excluding hydrogens is 334 g/mol. The van der Waals surface area contributed by atoms with Crippen LogP contribution in [0.4, 0.5) is 5.69 Å². The molecule has 0 aliphatic carbocycles. The highest BCUT2D eigenvalue weighted by Gasteiger charge is 2.46. The Morgan fingerprint density at radius 2 is 1.90 bits per heavy atom. The number of anilines is 1. The van der Waals surface area contributed by atoms with Crippen molar-refractivity contribution < 1.29 is 14.7 Å². The van der Waals surface area contributed by atoms with Crippen LogP contribution in [0.5, 0.6) is 0 Å². The molecule has 2 aromatic carbocycles. The van der Waals surface area contributed by atoms with Gasteiger partial charge in [0.2, 0.25) is 0 Å². The normalized spacial score (nSPS) is 20.0. The van der Waals surface area contributed by atoms with Gasteiger partial charge in [-0.1, -0.05) is 52.3 Å². The van der Waals surface area contributed by atoms with Crippen molar-refractivity contribution in [2.24, 2.45) is 0 Å². The van der Waals surface area contributed by atoms with E-state index in [2.05, 4.69) is 21.2 Å². The Balaban J connectivity index is 1.95. The number of aliphatic hydroxyl groups is 1. The number of hydrogen-bond acceptors (Lipinski definition) is 3. The fourth-order valence-corrected chi connectivity index (χ4v) is 2.82. The fourth-order valence-electron chi connectivity index (χ4n) is 2.46. The lowest BCUT2D eigenvalue weighted by molar-refractivity contribution is -0.133. The largest absolute Gasteiger partial charge is 0.375 e. The van der Waals surface area contributed by atoms with Crippen LogP contribution in [0.2, 0.25) is 0 Å². The lowest BCUT2D eigenvalue weighted by Crippen LogP contribution is -2.36. The van der Waals surface area contributed by atoms with Gasteiger partial charge in [0.15, 0.2) is 11.4 Å². The molecule has 1 aliphatic rings. The third-order valence-corrected chi connectivity index (χ3v) is 4.06. The first-order valence-electron chi connectivity index (χ1n) is 6.43. The van der Waals surface area contributed by atoms with Gasteiger partial charge in [-0.15, -0.1) is 0 Å². The second kappa shape index (κ2) is 5.09. The van der Waals surface area contributed by atoms with Crippen LogP contribution in [0.15, 0.2) is 53.0 Å². The third-order valence-electron chi connectivity index (χ3n) is 3.56. The van der Waals surface area contributed by atoms with E-state index in [0.29, 0.717) is 16.8 Å². The van der Waals surface area contributed by atoms with E-state index >= 15 is 0 Å². The molecule has 1 heterocycles. The Labute approximate surface area is 129 Å². The van der Waals surface area contributed by atoms with Crippen molar-refractivity contribution >= 4 is 33.3 Å². The van der Waals surface area contributed by atoms with E-state index in [4.69, 9.17) is 0 Å². The van der Waals surface area contributed by atoms with Gasteiger partial charge < -0.3 is 10.4 Å². The van der Waals surface area contributed by atoms with Gasteiger partial charge in [0.05, 0.1) is 6.42 Å². The average Bonchev–Trinajstić information content (AvgIpc) is 2.70. The van der Waals surface area contributed by atoms with Crippen molar-refractivity contribution in [1.29, 1.82) is 0 Å². The summed E-state index contributed by atoms with van der Waals surface area (Å²) in [5, 5.41) is 13.3. The van der Waals surface area contributed by atoms with Crippen molar-refractivity contribution in [2.75, 3.05) is 5.32 Å². The second-order valence-corrected chi connectivity index (χ2v) is 5.89. The molecule has 1 atom stereocenters. The molecule has 0 bridgehead atoms. The molecule has 3 rings (SSSR count). The summed E-state index contributed by atoms with van der Waals surface area (Å²) in [7, 11) is 0. The molecule has 0 radical (unpaired) electrons. The smallest absolute Gasteiger partial charge is 0.261 e. The molecule has 0 unspecified atom stereocenters. The zero-order valence-electron chi connectivity index (χ0n) is 11.0. The van der Waals surface area contributed by atoms with E-state index in [1.54, 1.807) is 48.5 Å². The van der Waals surface area contributed by atoms with Crippen molar-refractivity contribution in [3.63, 3.8) is 0 Å². The summed E-state index contributed by atoms with van der Waals surface area (Å²) in [6, 6.07) is 13.7. The molecule has 106 valence electrons. The van der Waals surface area contributed by atoms with Crippen LogP contribution < -0.4 is 5.32 Å². The van der Waals surface area contributed by atoms with Crippen LogP contribution in [-0.4, -0.2) is 16.8 Å². The summed E-state index contributed by atoms with van der Waals surface area (Å²) >= 11 is 3.31. The van der Waals surface area contributed by atoms with Crippen molar-refractivity contribution in [1.82, 2.24) is 0 Å². The number of ketones is 1. The molecule has 0 saturated heterocycles. The third kappa shape index (κ3) is 2.39. The molecular formula is C16H12BrNO3. The monoisotopic (exact) mass is 345 g/mol. The van der Waals surface area contributed by atoms with Gasteiger partial charge in [-0.3, -0.25) is 9.59 Å². The van der Waals surface area contributed by atoms with E-state index in [1.165, 1.54) is 0 Å². The van der Waals surface area contributed by atoms with E-state index in [9.17, 15) is 14.7 Å². The number of amides is 1. The highest BCUT2D eigenvalue weighted by Crippen LogP contribution is 2.40. The predicted octanol–water partition coefficient (Wildman–Crippen LogP) is 2.86. The number of hydrogen-bond donors (Lipinski definition) is 2. The van der Waals surface area contributed by atoms with Crippen molar-refractivity contribution in [2.45, 2.75) is 12.0 Å². The van der Waals surface area contributed by atoms with E-state index in [-0.39, 0.29) is 12.2 Å². The Morgan fingerprint density at radius 3 is 2.62 bits per heavy atom. The van der Waals surface area contributed by atoms with Crippen LogP contribution in [0.3, 0.4) is 0 Å². The molecule has 2 aromatic rings. The number of nitrogens with one attached hydrogen (secondary N) is 1. The SMILES string of the molecule is O=C(C[C@@]1(O)C(=O)Nc2cc(Br)ccc21)c1ccccc1. The number of fused-ring (bicyclic) bond motifs is 1. The summed E-state index contributed by atoms with van der Waals surface area (Å²) in [4.78, 5) is 24.4. The number of Topliss-reactive ketones (excluding diaryl/α,β-unsaturated/α-hetero) is 1. The molecule has 2 N–H and O–H groups in total. The Hall–Kier alpha value is -1.98. The van der Waals surface area contributed by atoms with Gasteiger partial charge in [0, 0.05) is 21.3 Å². The maximum atomic E-state index is 12.3. The molecule has 0 saturated carbocycles. The minimum absolute atomic E-state index is 0.274. The number of rotatable bonds is 3. The summed E-state index contributed by atoms with van der Waals surface area (Å²) < 4.78 is 0.792. The van der Waals surface area contributed by atoms with Crippen molar-refractivity contribution in [3.8, 4) is 0 Å². The van der Waals surface area contributed by atoms with E-state index in [0.717, 1.165) is 4.47 Å². The molecule has 4 nitrogen and oxygen atoms in total. The van der Waals surface area contributed by atoms with Gasteiger partial charge in [-0.05, 0) is 12.1 Å². The number of carbonyl (C=O) groups excluding carboxylic acids is 2. The summed E-state index contributed by atoms with van der Waals surface area (Å²) in [6.07, 6.45) is -0.280. The van der Waals surface area contributed by atoms with Gasteiger partial charge in [0.25, 0.3) is 5.91 Å². The molecule has 21 heavy (non-hydrogen) atoms. The molecule has 0 spiro atoms. The fraction of sp³-hybridized carbons (Fsp3) is 0.125. The molecule has 1 aliphatic heterocycles. The zero-order valence-corrected chi connectivity index (χ0v) is 12.6. The minimum atomic E-state index is -1.82. The minimum Gasteiger partial charge on any atom is -0.375 e. The summed E-state index contributed by atoms with van der Waals surface area (Å²) in [5.41, 5.74) is -0.384. The number of carbonyl (C=O) groups is 2. The first-order valence-corrected chi connectivity index (χ1v) is 7.22. The highest BCUT2D eigenvalue weighted by atomic mass is 79.9. The number of benzene rings is 2. The van der Waals surface area contributed by atoms with Gasteiger partial charge in [-0.2, -0.15) is 0 Å². The first kappa shape index (κ1) is 14.0. The summed E-state index contributed by atoms with van der Waals surface area (Å²) in [5.74, 6) is -0.844. The lowest BCUT2D eigenvalue weighted by Gasteiger charge is -2.20. The lowest BCUT2D eigenvalue weighted by atomic mass is 9.88. The van der Waals surface area contributed by atoms with Gasteiger partial charge in [-0.25, -0.2) is 0 Å². The van der Waals surface area contributed by atoms with Gasteiger partial charge in [0.1, 0.15) is 0 Å². The van der Waals surface area contributed by atoms with E-state index < -0.39 is 11.5 Å². The maximum absolute atomic E-state index is 12.3. The Kier molecular flexibility index (Phi) is 3.39. The van der Waals surface area contributed by atoms with Crippen LogP contribution in [0.1, 0.15) is 22.3 Å². The standard InChI is InChI=1S/C16H12BrNO3/c17-11-6-7-12-13(8-11)18-15(20)16(12,21)9-14(19)10-4-2-1-3-5-10/h1-8,21H,9H2,(H,18,20)/t16-/m0/s1. The molecule has 0 aromatic heterocycles. The van der Waals surface area contributed by atoms with Crippen LogP contribution in [0, 0.1) is 0 Å². The molecule has 5 heteroatoms. The van der Waals surface area contributed by atoms with Crippen LogP contribution in [-0.2, 0) is 10.4 Å².